The lowest BCUT2D eigenvalue weighted by Crippen LogP contribution is -2.48. The molecule has 0 aliphatic carbocycles. The van der Waals surface area contributed by atoms with Crippen LogP contribution in [0.25, 0.3) is 0 Å². The molecule has 1 heterocycles. The van der Waals surface area contributed by atoms with Crippen molar-refractivity contribution < 1.29 is 13.3 Å². The van der Waals surface area contributed by atoms with Gasteiger partial charge in [-0.15, -0.1) is 6.58 Å². The molecule has 0 spiro atoms. The van der Waals surface area contributed by atoms with E-state index in [-0.39, 0.29) is 28.7 Å². The van der Waals surface area contributed by atoms with Crippen molar-refractivity contribution in [3.05, 3.63) is 69.2 Å². The summed E-state index contributed by atoms with van der Waals surface area (Å²) in [5.41, 5.74) is 1.14. The molecule has 1 fully saturated rings. The molecule has 1 saturated heterocycles. The average molecular weight is 471 g/mol. The highest BCUT2D eigenvalue weighted by atomic mass is 35.5. The van der Waals surface area contributed by atoms with Gasteiger partial charge in [-0.2, -0.15) is 4.31 Å². The minimum Gasteiger partial charge on any atom is -0.376 e. The number of rotatable bonds is 7. The van der Waals surface area contributed by atoms with Gasteiger partial charge in [0.2, 0.25) is 10.0 Å². The standard InChI is InChI=1S/C19H20Cl2N4O4S/c1-2-7-22-18-12-14(3-6-19(18)25(26)27)23-8-10-24(11-9-23)30(28,29)15-4-5-16(20)17(21)13-15/h2-6,12-13,22H,1,7-11H2. The Hall–Kier alpha value is -2.33. The number of nitrogens with one attached hydrogen (secondary N) is 1. The first kappa shape index (κ1) is 22.4. The molecule has 1 aliphatic heterocycles. The van der Waals surface area contributed by atoms with Gasteiger partial charge in [0.15, 0.2) is 0 Å². The second-order valence-electron chi connectivity index (χ2n) is 6.60. The molecule has 3 rings (SSSR count). The van der Waals surface area contributed by atoms with E-state index in [1.807, 2.05) is 4.90 Å². The summed E-state index contributed by atoms with van der Waals surface area (Å²) >= 11 is 11.8. The van der Waals surface area contributed by atoms with Crippen LogP contribution in [-0.2, 0) is 10.0 Å². The van der Waals surface area contributed by atoms with Gasteiger partial charge < -0.3 is 10.2 Å². The number of hydrogen-bond donors (Lipinski definition) is 1. The summed E-state index contributed by atoms with van der Waals surface area (Å²) in [4.78, 5) is 12.9. The van der Waals surface area contributed by atoms with Crippen molar-refractivity contribution in [1.29, 1.82) is 0 Å². The average Bonchev–Trinajstić information content (AvgIpc) is 2.73. The van der Waals surface area contributed by atoms with E-state index < -0.39 is 14.9 Å². The van der Waals surface area contributed by atoms with E-state index in [0.29, 0.717) is 30.3 Å². The van der Waals surface area contributed by atoms with Crippen molar-refractivity contribution >= 4 is 50.3 Å². The Kier molecular flexibility index (Phi) is 6.87. The molecule has 160 valence electrons. The van der Waals surface area contributed by atoms with Gasteiger partial charge in [0.05, 0.1) is 19.9 Å². The quantitative estimate of drug-likeness (QED) is 0.373. The maximum absolute atomic E-state index is 12.9. The second kappa shape index (κ2) is 9.22. The number of anilines is 2. The Bertz CT molecular complexity index is 1070. The van der Waals surface area contributed by atoms with Crippen LogP contribution in [0.15, 0.2) is 53.9 Å². The summed E-state index contributed by atoms with van der Waals surface area (Å²) in [6.45, 7) is 5.43. The van der Waals surface area contributed by atoms with Crippen molar-refractivity contribution in [2.24, 2.45) is 0 Å². The summed E-state index contributed by atoms with van der Waals surface area (Å²) < 4.78 is 27.2. The molecule has 0 saturated carbocycles. The van der Waals surface area contributed by atoms with Gasteiger partial charge in [0.25, 0.3) is 5.69 Å². The topological polar surface area (TPSA) is 95.8 Å². The Morgan fingerprint density at radius 3 is 2.40 bits per heavy atom. The van der Waals surface area contributed by atoms with Crippen molar-refractivity contribution in [3.8, 4) is 0 Å². The normalized spacial score (nSPS) is 15.1. The van der Waals surface area contributed by atoms with E-state index in [1.165, 1.54) is 28.6 Å². The van der Waals surface area contributed by atoms with Gasteiger partial charge >= 0.3 is 0 Å². The van der Waals surface area contributed by atoms with E-state index >= 15 is 0 Å². The second-order valence-corrected chi connectivity index (χ2v) is 9.35. The minimum absolute atomic E-state index is 0.0265. The van der Waals surface area contributed by atoms with E-state index in [4.69, 9.17) is 23.2 Å². The zero-order valence-electron chi connectivity index (χ0n) is 15.9. The lowest BCUT2D eigenvalue weighted by atomic mass is 10.2. The highest BCUT2D eigenvalue weighted by Crippen LogP contribution is 2.31. The molecule has 8 nitrogen and oxygen atoms in total. The predicted octanol–water partition coefficient (Wildman–Crippen LogP) is 4.01. The third-order valence-electron chi connectivity index (χ3n) is 4.75. The molecule has 0 atom stereocenters. The number of nitro benzene ring substituents is 1. The summed E-state index contributed by atoms with van der Waals surface area (Å²) in [5.74, 6) is 0. The molecule has 1 aliphatic rings. The van der Waals surface area contributed by atoms with E-state index in [9.17, 15) is 18.5 Å². The number of nitro groups is 1. The van der Waals surface area contributed by atoms with Crippen LogP contribution in [0, 0.1) is 10.1 Å². The maximum Gasteiger partial charge on any atom is 0.292 e. The molecule has 11 heteroatoms. The van der Waals surface area contributed by atoms with E-state index in [1.54, 1.807) is 18.2 Å². The van der Waals surface area contributed by atoms with Gasteiger partial charge in [-0.1, -0.05) is 29.3 Å². The third-order valence-corrected chi connectivity index (χ3v) is 7.38. The van der Waals surface area contributed by atoms with Crippen LogP contribution in [-0.4, -0.2) is 50.4 Å². The minimum atomic E-state index is -3.69. The van der Waals surface area contributed by atoms with Gasteiger partial charge in [-0.25, -0.2) is 8.42 Å². The van der Waals surface area contributed by atoms with Crippen molar-refractivity contribution in [1.82, 2.24) is 4.31 Å². The summed E-state index contributed by atoms with van der Waals surface area (Å²) in [7, 11) is -3.69. The molecule has 2 aromatic rings. The van der Waals surface area contributed by atoms with Crippen molar-refractivity contribution in [2.75, 3.05) is 42.9 Å². The largest absolute Gasteiger partial charge is 0.376 e. The molecule has 0 amide bonds. The summed E-state index contributed by atoms with van der Waals surface area (Å²) in [5, 5.41) is 14.7. The monoisotopic (exact) mass is 470 g/mol. The highest BCUT2D eigenvalue weighted by Gasteiger charge is 2.29. The Morgan fingerprint density at radius 2 is 1.80 bits per heavy atom. The number of sulfonamides is 1. The molecule has 30 heavy (non-hydrogen) atoms. The summed E-state index contributed by atoms with van der Waals surface area (Å²) in [6, 6.07) is 9.05. The SMILES string of the molecule is C=CCNc1cc(N2CCN(S(=O)(=O)c3ccc(Cl)c(Cl)c3)CC2)ccc1[N+](=O)[O-]. The summed E-state index contributed by atoms with van der Waals surface area (Å²) in [6.07, 6.45) is 1.61. The number of halogens is 2. The predicted molar refractivity (Wildman–Crippen MR) is 119 cm³/mol. The molecule has 2 aromatic carbocycles. The number of piperazine rings is 1. The molecule has 1 N–H and O–H groups in total. The van der Waals surface area contributed by atoms with Crippen molar-refractivity contribution in [3.63, 3.8) is 0 Å². The van der Waals surface area contributed by atoms with Crippen LogP contribution in [0.5, 0.6) is 0 Å². The number of hydrogen-bond acceptors (Lipinski definition) is 6. The maximum atomic E-state index is 12.9. The molecular weight excluding hydrogens is 451 g/mol. The first-order chi connectivity index (χ1) is 14.2. The van der Waals surface area contributed by atoms with Gasteiger partial charge in [-0.3, -0.25) is 10.1 Å². The molecule has 0 radical (unpaired) electrons. The fourth-order valence-corrected chi connectivity index (χ4v) is 4.99. The van der Waals surface area contributed by atoms with E-state index in [0.717, 1.165) is 5.69 Å². The smallest absolute Gasteiger partial charge is 0.292 e. The Morgan fingerprint density at radius 1 is 1.10 bits per heavy atom. The zero-order chi connectivity index (χ0) is 21.9. The van der Waals surface area contributed by atoms with Crippen molar-refractivity contribution in [2.45, 2.75) is 4.90 Å². The molecular formula is C19H20Cl2N4O4S. The first-order valence-electron chi connectivity index (χ1n) is 9.07. The molecule has 0 bridgehead atoms. The number of benzene rings is 2. The third kappa shape index (κ3) is 4.70. The first-order valence-corrected chi connectivity index (χ1v) is 11.3. The Labute approximate surface area is 184 Å². The van der Waals surface area contributed by atoms with Gasteiger partial charge in [0, 0.05) is 44.5 Å². The Balaban J connectivity index is 1.75. The van der Waals surface area contributed by atoms with Crippen LogP contribution in [0.2, 0.25) is 10.0 Å². The van der Waals surface area contributed by atoms with Crippen LogP contribution in [0.1, 0.15) is 0 Å². The van der Waals surface area contributed by atoms with Crippen LogP contribution < -0.4 is 10.2 Å². The zero-order valence-corrected chi connectivity index (χ0v) is 18.3. The van der Waals surface area contributed by atoms with Gasteiger partial charge in [-0.05, 0) is 30.3 Å². The van der Waals surface area contributed by atoms with Crippen LogP contribution in [0.4, 0.5) is 17.1 Å². The van der Waals surface area contributed by atoms with Crippen LogP contribution >= 0.6 is 23.2 Å². The fraction of sp³-hybridized carbons (Fsp3) is 0.263. The fourth-order valence-electron chi connectivity index (χ4n) is 3.18. The van der Waals surface area contributed by atoms with Crippen LogP contribution in [0.3, 0.4) is 0 Å². The number of nitrogens with zero attached hydrogens (tertiary/aromatic N) is 3. The lowest BCUT2D eigenvalue weighted by molar-refractivity contribution is -0.383. The molecule has 0 aromatic heterocycles. The van der Waals surface area contributed by atoms with Gasteiger partial charge in [0.1, 0.15) is 5.69 Å². The van der Waals surface area contributed by atoms with E-state index in [2.05, 4.69) is 11.9 Å². The molecule has 0 unspecified atom stereocenters. The highest BCUT2D eigenvalue weighted by molar-refractivity contribution is 7.89. The lowest BCUT2D eigenvalue weighted by Gasteiger charge is -2.35.